The van der Waals surface area contributed by atoms with Crippen LogP contribution in [0, 0.1) is 0 Å². The Kier molecular flexibility index (Phi) is 3.56. The number of anilines is 1. The zero-order valence-electron chi connectivity index (χ0n) is 9.99. The van der Waals surface area contributed by atoms with E-state index >= 15 is 0 Å². The number of rotatable bonds is 4. The molecule has 2 aromatic rings. The topological polar surface area (TPSA) is 86.7 Å². The lowest BCUT2D eigenvalue weighted by Gasteiger charge is -2.16. The maximum absolute atomic E-state index is 12.7. The molecule has 0 unspecified atom stereocenters. The van der Waals surface area contributed by atoms with E-state index in [4.69, 9.17) is 5.11 Å². The van der Waals surface area contributed by atoms with Crippen molar-refractivity contribution < 1.29 is 18.3 Å². The summed E-state index contributed by atoms with van der Waals surface area (Å²) < 4.78 is 38.0. The molecule has 0 aliphatic rings. The van der Waals surface area contributed by atoms with E-state index in [-0.39, 0.29) is 29.6 Å². The fraction of sp³-hybridized carbons (Fsp3) is 0.500. The summed E-state index contributed by atoms with van der Waals surface area (Å²) in [6.07, 6.45) is -2.87. The van der Waals surface area contributed by atoms with Crippen molar-refractivity contribution >= 4 is 17.0 Å². The van der Waals surface area contributed by atoms with Gasteiger partial charge >= 0.3 is 6.18 Å². The molecule has 0 saturated heterocycles. The molecule has 0 spiro atoms. The van der Waals surface area contributed by atoms with Crippen LogP contribution in [0.5, 0.6) is 0 Å². The van der Waals surface area contributed by atoms with Crippen molar-refractivity contribution in [3.05, 3.63) is 12.2 Å². The largest absolute Gasteiger partial charge is 0.451 e. The van der Waals surface area contributed by atoms with Crippen LogP contribution in [0.25, 0.3) is 11.2 Å². The normalized spacial score (nSPS) is 13.7. The Morgan fingerprint density at radius 3 is 2.74 bits per heavy atom. The lowest BCUT2D eigenvalue weighted by Crippen LogP contribution is -2.24. The van der Waals surface area contributed by atoms with Crippen LogP contribution >= 0.6 is 0 Å². The third-order valence-electron chi connectivity index (χ3n) is 2.59. The molecule has 104 valence electrons. The summed E-state index contributed by atoms with van der Waals surface area (Å²) in [5.41, 5.74) is 0.206. The van der Waals surface area contributed by atoms with E-state index in [0.29, 0.717) is 6.42 Å². The molecule has 0 aliphatic heterocycles. The Bertz CT molecular complexity index is 564. The van der Waals surface area contributed by atoms with Crippen LogP contribution in [0.1, 0.15) is 19.2 Å². The summed E-state index contributed by atoms with van der Waals surface area (Å²) in [6.45, 7) is 1.58. The van der Waals surface area contributed by atoms with Gasteiger partial charge in [0.05, 0.1) is 19.0 Å². The third-order valence-corrected chi connectivity index (χ3v) is 2.59. The Morgan fingerprint density at radius 1 is 1.42 bits per heavy atom. The second-order valence-corrected chi connectivity index (χ2v) is 3.93. The standard InChI is InChI=1S/C10H12F3N5O/c1-2-5(3-19)16-8-6-7(15-4-14-6)17-9(18-8)10(11,12)13/h4-5,19H,2-3H2,1H3,(H2,14,15,16,17,18)/t5-/m0/s1. The van der Waals surface area contributed by atoms with Crippen molar-refractivity contribution in [2.45, 2.75) is 25.6 Å². The first-order chi connectivity index (χ1) is 8.95. The molecule has 0 amide bonds. The summed E-state index contributed by atoms with van der Waals surface area (Å²) in [6, 6.07) is -0.387. The average molecular weight is 275 g/mol. The van der Waals surface area contributed by atoms with Gasteiger partial charge in [-0.1, -0.05) is 6.92 Å². The molecule has 2 aromatic heterocycles. The quantitative estimate of drug-likeness (QED) is 0.788. The fourth-order valence-electron chi connectivity index (χ4n) is 1.53. The molecule has 6 nitrogen and oxygen atoms in total. The SMILES string of the molecule is CC[C@@H](CO)Nc1nc(C(F)(F)F)nc2nc[nH]c12. The van der Waals surface area contributed by atoms with Gasteiger partial charge in [-0.15, -0.1) is 0 Å². The van der Waals surface area contributed by atoms with E-state index in [2.05, 4.69) is 25.3 Å². The van der Waals surface area contributed by atoms with Crippen molar-refractivity contribution in [1.29, 1.82) is 0 Å². The first-order valence-corrected chi connectivity index (χ1v) is 5.61. The van der Waals surface area contributed by atoms with Gasteiger partial charge < -0.3 is 15.4 Å². The first-order valence-electron chi connectivity index (χ1n) is 5.61. The predicted molar refractivity (Wildman–Crippen MR) is 61.5 cm³/mol. The number of nitrogens with zero attached hydrogens (tertiary/aromatic N) is 3. The minimum absolute atomic E-state index is 0.0178. The Labute approximate surface area is 106 Å². The Morgan fingerprint density at radius 2 is 2.16 bits per heavy atom. The molecule has 19 heavy (non-hydrogen) atoms. The molecular formula is C10H12F3N5O. The molecule has 0 aliphatic carbocycles. The maximum Gasteiger partial charge on any atom is 0.451 e. The summed E-state index contributed by atoms with van der Waals surface area (Å²) in [4.78, 5) is 13.2. The third kappa shape index (κ3) is 2.75. The highest BCUT2D eigenvalue weighted by Crippen LogP contribution is 2.29. The van der Waals surface area contributed by atoms with Crippen LogP contribution in [-0.2, 0) is 6.18 Å². The zero-order valence-corrected chi connectivity index (χ0v) is 9.99. The molecule has 0 radical (unpaired) electrons. The number of aliphatic hydroxyl groups is 1. The van der Waals surface area contributed by atoms with Crippen molar-refractivity contribution in [1.82, 2.24) is 19.9 Å². The number of aromatic nitrogens is 4. The van der Waals surface area contributed by atoms with E-state index < -0.39 is 12.0 Å². The number of aromatic amines is 1. The van der Waals surface area contributed by atoms with Gasteiger partial charge in [-0.2, -0.15) is 13.2 Å². The number of hydrogen-bond acceptors (Lipinski definition) is 5. The predicted octanol–water partition coefficient (Wildman–Crippen LogP) is 1.55. The van der Waals surface area contributed by atoms with E-state index in [1.54, 1.807) is 6.92 Å². The lowest BCUT2D eigenvalue weighted by molar-refractivity contribution is -0.144. The first kappa shape index (κ1) is 13.5. The number of hydrogen-bond donors (Lipinski definition) is 3. The Hall–Kier alpha value is -1.90. The molecular weight excluding hydrogens is 263 g/mol. The Balaban J connectivity index is 2.48. The molecule has 1 atom stereocenters. The van der Waals surface area contributed by atoms with Crippen LogP contribution < -0.4 is 5.32 Å². The van der Waals surface area contributed by atoms with Gasteiger partial charge in [0.1, 0.15) is 5.52 Å². The molecule has 0 bridgehead atoms. The molecule has 3 N–H and O–H groups in total. The second kappa shape index (κ2) is 5.00. The molecule has 0 aromatic carbocycles. The monoisotopic (exact) mass is 275 g/mol. The summed E-state index contributed by atoms with van der Waals surface area (Å²) in [7, 11) is 0. The van der Waals surface area contributed by atoms with Gasteiger partial charge in [0.15, 0.2) is 11.5 Å². The lowest BCUT2D eigenvalue weighted by atomic mass is 10.2. The van der Waals surface area contributed by atoms with Gasteiger partial charge in [0.2, 0.25) is 5.82 Å². The van der Waals surface area contributed by atoms with Crippen molar-refractivity contribution in [2.24, 2.45) is 0 Å². The van der Waals surface area contributed by atoms with E-state index in [9.17, 15) is 13.2 Å². The maximum atomic E-state index is 12.7. The average Bonchev–Trinajstić information content (AvgIpc) is 2.82. The highest BCUT2D eigenvalue weighted by atomic mass is 19.4. The van der Waals surface area contributed by atoms with Gasteiger partial charge in [0, 0.05) is 0 Å². The van der Waals surface area contributed by atoms with Gasteiger partial charge in [-0.05, 0) is 6.42 Å². The summed E-state index contributed by atoms with van der Waals surface area (Å²) in [5.74, 6) is -1.28. The number of imidazole rings is 1. The summed E-state index contributed by atoms with van der Waals surface area (Å²) >= 11 is 0. The van der Waals surface area contributed by atoms with Crippen LogP contribution in [0.2, 0.25) is 0 Å². The van der Waals surface area contributed by atoms with Crippen LogP contribution in [0.4, 0.5) is 19.0 Å². The van der Waals surface area contributed by atoms with Crippen LogP contribution in [0.15, 0.2) is 6.33 Å². The van der Waals surface area contributed by atoms with E-state index in [1.165, 1.54) is 6.33 Å². The van der Waals surface area contributed by atoms with Gasteiger partial charge in [-0.25, -0.2) is 15.0 Å². The van der Waals surface area contributed by atoms with Crippen molar-refractivity contribution in [3.63, 3.8) is 0 Å². The second-order valence-electron chi connectivity index (χ2n) is 3.93. The fourth-order valence-corrected chi connectivity index (χ4v) is 1.53. The zero-order chi connectivity index (χ0) is 14.0. The molecule has 2 heterocycles. The number of fused-ring (bicyclic) bond motifs is 1. The van der Waals surface area contributed by atoms with E-state index in [0.717, 1.165) is 0 Å². The van der Waals surface area contributed by atoms with Gasteiger partial charge in [-0.3, -0.25) is 0 Å². The van der Waals surface area contributed by atoms with E-state index in [1.807, 2.05) is 0 Å². The molecule has 2 rings (SSSR count). The number of nitrogens with one attached hydrogen (secondary N) is 2. The van der Waals surface area contributed by atoms with Gasteiger partial charge in [0.25, 0.3) is 0 Å². The number of aliphatic hydroxyl groups excluding tert-OH is 1. The highest BCUT2D eigenvalue weighted by Gasteiger charge is 2.36. The van der Waals surface area contributed by atoms with Crippen LogP contribution in [-0.4, -0.2) is 37.7 Å². The number of halogens is 3. The van der Waals surface area contributed by atoms with Crippen molar-refractivity contribution in [3.8, 4) is 0 Å². The molecule has 0 saturated carbocycles. The van der Waals surface area contributed by atoms with Crippen molar-refractivity contribution in [2.75, 3.05) is 11.9 Å². The summed E-state index contributed by atoms with van der Waals surface area (Å²) in [5, 5.41) is 11.8. The molecule has 0 fully saturated rings. The minimum atomic E-state index is -4.65. The molecule has 9 heteroatoms. The highest BCUT2D eigenvalue weighted by molar-refractivity contribution is 5.82. The van der Waals surface area contributed by atoms with Crippen LogP contribution in [0.3, 0.4) is 0 Å². The smallest absolute Gasteiger partial charge is 0.394 e. The minimum Gasteiger partial charge on any atom is -0.394 e. The number of alkyl halides is 3. The number of H-pyrrole nitrogens is 1.